The molecule has 0 aliphatic carbocycles. The van der Waals surface area contributed by atoms with E-state index in [0.717, 1.165) is 11.1 Å². The Balaban J connectivity index is 1.57. The number of nitrogens with zero attached hydrogens (tertiary/aromatic N) is 4. The summed E-state index contributed by atoms with van der Waals surface area (Å²) in [6.07, 6.45) is 2.69. The van der Waals surface area contributed by atoms with Crippen LogP contribution < -0.4 is 4.90 Å². The van der Waals surface area contributed by atoms with Gasteiger partial charge in [-0.3, -0.25) is 14.9 Å². The van der Waals surface area contributed by atoms with Gasteiger partial charge in [0.2, 0.25) is 0 Å². The fourth-order valence-corrected chi connectivity index (χ4v) is 3.93. The number of amides is 1. The SMILES string of the molecule is N#Cc1ccc(C2=CCN(C(=O)c3cc([N+](=O)[O-])ccc3N3CCOCC3)CC2)cc1. The summed E-state index contributed by atoms with van der Waals surface area (Å²) in [5, 5.41) is 20.3. The van der Waals surface area contributed by atoms with Crippen LogP contribution in [-0.2, 0) is 4.74 Å². The van der Waals surface area contributed by atoms with E-state index in [4.69, 9.17) is 10.00 Å². The zero-order chi connectivity index (χ0) is 21.8. The zero-order valence-corrected chi connectivity index (χ0v) is 17.0. The van der Waals surface area contributed by atoms with Gasteiger partial charge in [-0.2, -0.15) is 5.26 Å². The largest absolute Gasteiger partial charge is 0.378 e. The third-order valence-electron chi connectivity index (χ3n) is 5.65. The van der Waals surface area contributed by atoms with Gasteiger partial charge in [0.25, 0.3) is 11.6 Å². The monoisotopic (exact) mass is 418 g/mol. The topological polar surface area (TPSA) is 99.7 Å². The molecule has 0 unspecified atom stereocenters. The van der Waals surface area contributed by atoms with Crippen molar-refractivity contribution >= 4 is 22.9 Å². The number of benzene rings is 2. The van der Waals surface area contributed by atoms with E-state index in [1.54, 1.807) is 23.1 Å². The number of hydrogen-bond donors (Lipinski definition) is 0. The molecule has 1 amide bonds. The minimum atomic E-state index is -0.473. The molecule has 0 atom stereocenters. The molecule has 8 nitrogen and oxygen atoms in total. The van der Waals surface area contributed by atoms with Gasteiger partial charge in [0.1, 0.15) is 0 Å². The molecule has 8 heteroatoms. The maximum atomic E-state index is 13.3. The molecule has 4 rings (SSSR count). The molecule has 0 bridgehead atoms. The van der Waals surface area contributed by atoms with E-state index in [0.29, 0.717) is 62.6 Å². The predicted octanol–water partition coefficient (Wildman–Crippen LogP) is 3.23. The Kier molecular flexibility index (Phi) is 5.96. The lowest BCUT2D eigenvalue weighted by molar-refractivity contribution is -0.384. The molecule has 1 fully saturated rings. The van der Waals surface area contributed by atoms with Crippen molar-refractivity contribution in [3.8, 4) is 6.07 Å². The highest BCUT2D eigenvalue weighted by Gasteiger charge is 2.26. The van der Waals surface area contributed by atoms with E-state index in [1.165, 1.54) is 12.1 Å². The first-order chi connectivity index (χ1) is 15.1. The number of nitro groups is 1. The minimum absolute atomic E-state index is 0.0915. The van der Waals surface area contributed by atoms with Crippen molar-refractivity contribution in [3.63, 3.8) is 0 Å². The summed E-state index contributed by atoms with van der Waals surface area (Å²) in [6.45, 7) is 3.35. The van der Waals surface area contributed by atoms with Gasteiger partial charge in [-0.1, -0.05) is 18.2 Å². The van der Waals surface area contributed by atoms with Gasteiger partial charge < -0.3 is 14.5 Å². The molecule has 2 aromatic rings. The first kappa shape index (κ1) is 20.6. The molecule has 0 N–H and O–H groups in total. The number of nitriles is 1. The van der Waals surface area contributed by atoms with E-state index in [2.05, 4.69) is 6.07 Å². The third-order valence-corrected chi connectivity index (χ3v) is 5.65. The van der Waals surface area contributed by atoms with Crippen LogP contribution in [0.1, 0.15) is 27.9 Å². The molecule has 31 heavy (non-hydrogen) atoms. The van der Waals surface area contributed by atoms with Crippen molar-refractivity contribution < 1.29 is 14.5 Å². The highest BCUT2D eigenvalue weighted by atomic mass is 16.6. The van der Waals surface area contributed by atoms with Crippen molar-refractivity contribution in [2.45, 2.75) is 6.42 Å². The Morgan fingerprint density at radius 2 is 1.84 bits per heavy atom. The van der Waals surface area contributed by atoms with Crippen LogP contribution in [0.5, 0.6) is 0 Å². The second kappa shape index (κ2) is 8.98. The molecule has 0 radical (unpaired) electrons. The van der Waals surface area contributed by atoms with Crippen LogP contribution in [0.25, 0.3) is 5.57 Å². The first-order valence-corrected chi connectivity index (χ1v) is 10.2. The van der Waals surface area contributed by atoms with E-state index < -0.39 is 4.92 Å². The molecular formula is C23H22N4O4. The fraction of sp³-hybridized carbons (Fsp3) is 0.304. The number of non-ortho nitro benzene ring substituents is 1. The third kappa shape index (κ3) is 4.42. The summed E-state index contributed by atoms with van der Waals surface area (Å²) in [6, 6.07) is 14.0. The summed E-state index contributed by atoms with van der Waals surface area (Å²) in [7, 11) is 0. The number of anilines is 1. The first-order valence-electron chi connectivity index (χ1n) is 10.2. The zero-order valence-electron chi connectivity index (χ0n) is 17.0. The maximum absolute atomic E-state index is 13.3. The van der Waals surface area contributed by atoms with Crippen molar-refractivity contribution in [3.05, 3.63) is 75.3 Å². The van der Waals surface area contributed by atoms with Gasteiger partial charge in [-0.15, -0.1) is 0 Å². The van der Waals surface area contributed by atoms with Gasteiger partial charge in [-0.25, -0.2) is 0 Å². The molecule has 158 valence electrons. The quantitative estimate of drug-likeness (QED) is 0.558. The van der Waals surface area contributed by atoms with E-state index in [-0.39, 0.29) is 11.6 Å². The van der Waals surface area contributed by atoms with Crippen LogP contribution in [0.15, 0.2) is 48.5 Å². The summed E-state index contributed by atoms with van der Waals surface area (Å²) in [5.74, 6) is -0.208. The molecular weight excluding hydrogens is 396 g/mol. The lowest BCUT2D eigenvalue weighted by Gasteiger charge is -2.32. The molecule has 2 heterocycles. The van der Waals surface area contributed by atoms with Crippen LogP contribution in [0.4, 0.5) is 11.4 Å². The number of hydrogen-bond acceptors (Lipinski definition) is 6. The smallest absolute Gasteiger partial charge is 0.270 e. The van der Waals surface area contributed by atoms with Gasteiger partial charge in [0.15, 0.2) is 0 Å². The lowest BCUT2D eigenvalue weighted by atomic mass is 9.98. The van der Waals surface area contributed by atoms with Crippen LogP contribution in [0, 0.1) is 21.4 Å². The second-order valence-corrected chi connectivity index (χ2v) is 7.48. The molecule has 2 aliphatic rings. The van der Waals surface area contributed by atoms with E-state index in [9.17, 15) is 14.9 Å². The molecule has 2 aliphatic heterocycles. The molecule has 2 aromatic carbocycles. The van der Waals surface area contributed by atoms with E-state index >= 15 is 0 Å². The van der Waals surface area contributed by atoms with Crippen LogP contribution in [0.3, 0.4) is 0 Å². The average molecular weight is 418 g/mol. The number of nitro benzene ring substituents is 1. The number of carbonyl (C=O) groups is 1. The van der Waals surface area contributed by atoms with Crippen LogP contribution >= 0.6 is 0 Å². The molecule has 0 aromatic heterocycles. The standard InChI is InChI=1S/C23H22N4O4/c24-16-17-1-3-18(4-2-17)19-7-9-26(10-8-19)23(28)21-15-20(27(29)30)5-6-22(21)25-11-13-31-14-12-25/h1-7,15H,8-14H2. The van der Waals surface area contributed by atoms with Crippen LogP contribution in [-0.4, -0.2) is 55.1 Å². The Hall–Kier alpha value is -3.70. The summed E-state index contributed by atoms with van der Waals surface area (Å²) in [4.78, 5) is 27.9. The molecule has 0 saturated carbocycles. The maximum Gasteiger partial charge on any atom is 0.270 e. The van der Waals surface area contributed by atoms with Gasteiger partial charge in [0, 0.05) is 38.3 Å². The van der Waals surface area contributed by atoms with Crippen LogP contribution in [0.2, 0.25) is 0 Å². The summed E-state index contributed by atoms with van der Waals surface area (Å²) in [5.41, 5.74) is 3.74. The number of rotatable bonds is 4. The average Bonchev–Trinajstić information content (AvgIpc) is 2.84. The van der Waals surface area contributed by atoms with Crippen molar-refractivity contribution in [1.82, 2.24) is 4.90 Å². The summed E-state index contributed by atoms with van der Waals surface area (Å²) < 4.78 is 5.40. The Morgan fingerprint density at radius 3 is 2.45 bits per heavy atom. The summed E-state index contributed by atoms with van der Waals surface area (Å²) >= 11 is 0. The van der Waals surface area contributed by atoms with E-state index in [1.807, 2.05) is 23.1 Å². The van der Waals surface area contributed by atoms with Gasteiger partial charge in [0.05, 0.1) is 41.0 Å². The molecule has 0 spiro atoms. The number of carbonyl (C=O) groups excluding carboxylic acids is 1. The van der Waals surface area contributed by atoms with Crippen molar-refractivity contribution in [2.24, 2.45) is 0 Å². The minimum Gasteiger partial charge on any atom is -0.378 e. The number of ether oxygens (including phenoxy) is 1. The highest BCUT2D eigenvalue weighted by molar-refractivity contribution is 6.01. The van der Waals surface area contributed by atoms with Crippen molar-refractivity contribution in [2.75, 3.05) is 44.3 Å². The van der Waals surface area contributed by atoms with Gasteiger partial charge in [-0.05, 0) is 35.8 Å². The second-order valence-electron chi connectivity index (χ2n) is 7.48. The Bertz CT molecular complexity index is 1070. The Morgan fingerprint density at radius 1 is 1.10 bits per heavy atom. The normalized spacial score (nSPS) is 16.4. The Labute approximate surface area is 180 Å². The number of morpholine rings is 1. The van der Waals surface area contributed by atoms with Crippen molar-refractivity contribution in [1.29, 1.82) is 5.26 Å². The highest BCUT2D eigenvalue weighted by Crippen LogP contribution is 2.29. The lowest BCUT2D eigenvalue weighted by Crippen LogP contribution is -2.39. The van der Waals surface area contributed by atoms with Gasteiger partial charge >= 0.3 is 0 Å². The predicted molar refractivity (Wildman–Crippen MR) is 116 cm³/mol. The molecule has 1 saturated heterocycles. The fourth-order valence-electron chi connectivity index (χ4n) is 3.93.